The number of benzene rings is 2. The number of halogens is 3. The van der Waals surface area contributed by atoms with Crippen molar-refractivity contribution in [2.45, 2.75) is 13.5 Å². The summed E-state index contributed by atoms with van der Waals surface area (Å²) in [6.45, 7) is 1.45. The molecule has 0 aromatic heterocycles. The highest BCUT2D eigenvalue weighted by Crippen LogP contribution is 2.27. The lowest BCUT2D eigenvalue weighted by atomic mass is 10.1. The molecule has 0 unspecified atom stereocenters. The predicted octanol–water partition coefficient (Wildman–Crippen LogP) is 4.91. The van der Waals surface area contributed by atoms with Crippen molar-refractivity contribution in [2.75, 3.05) is 0 Å². The minimum Gasteiger partial charge on any atom is -0.488 e. The van der Waals surface area contributed by atoms with Crippen molar-refractivity contribution in [3.05, 3.63) is 63.4 Å². The molecule has 0 N–H and O–H groups in total. The third-order valence-electron chi connectivity index (χ3n) is 2.76. The average Bonchev–Trinajstić information content (AvgIpc) is 2.37. The lowest BCUT2D eigenvalue weighted by Gasteiger charge is -2.12. The van der Waals surface area contributed by atoms with Gasteiger partial charge in [0.1, 0.15) is 18.2 Å². The van der Waals surface area contributed by atoms with Crippen LogP contribution in [0.5, 0.6) is 5.75 Å². The SMILES string of the molecule is CC(=O)c1ccc(F)cc1OCc1c(Cl)cccc1Cl. The lowest BCUT2D eigenvalue weighted by Crippen LogP contribution is -2.03. The fourth-order valence-corrected chi connectivity index (χ4v) is 2.23. The molecule has 2 aromatic carbocycles. The van der Waals surface area contributed by atoms with E-state index in [-0.39, 0.29) is 18.1 Å². The Hall–Kier alpha value is -1.58. The highest BCUT2D eigenvalue weighted by molar-refractivity contribution is 6.35. The van der Waals surface area contributed by atoms with Gasteiger partial charge in [-0.15, -0.1) is 0 Å². The Morgan fingerprint density at radius 2 is 1.85 bits per heavy atom. The number of carbonyl (C=O) groups is 1. The van der Waals surface area contributed by atoms with Crippen molar-refractivity contribution < 1.29 is 13.9 Å². The highest BCUT2D eigenvalue weighted by atomic mass is 35.5. The second kappa shape index (κ2) is 6.25. The summed E-state index contributed by atoms with van der Waals surface area (Å²) in [5.41, 5.74) is 0.907. The van der Waals surface area contributed by atoms with Gasteiger partial charge in [0.15, 0.2) is 5.78 Å². The predicted molar refractivity (Wildman–Crippen MR) is 77.2 cm³/mol. The number of Topliss-reactive ketones (excluding diaryl/α,β-unsaturated/α-hetero) is 1. The second-order valence-electron chi connectivity index (χ2n) is 4.19. The van der Waals surface area contributed by atoms with Gasteiger partial charge in [0.2, 0.25) is 0 Å². The van der Waals surface area contributed by atoms with Crippen LogP contribution in [0.2, 0.25) is 10.0 Å². The second-order valence-corrected chi connectivity index (χ2v) is 5.00. The molecule has 104 valence electrons. The first kappa shape index (κ1) is 14.8. The Morgan fingerprint density at radius 3 is 2.45 bits per heavy atom. The molecule has 0 aliphatic heterocycles. The van der Waals surface area contributed by atoms with E-state index in [4.69, 9.17) is 27.9 Å². The molecule has 0 spiro atoms. The number of hydrogen-bond donors (Lipinski definition) is 0. The van der Waals surface area contributed by atoms with Gasteiger partial charge in [0.05, 0.1) is 5.56 Å². The Bertz CT molecular complexity index is 636. The molecule has 5 heteroatoms. The monoisotopic (exact) mass is 312 g/mol. The van der Waals surface area contributed by atoms with E-state index in [0.717, 1.165) is 0 Å². The number of ketones is 1. The third-order valence-corrected chi connectivity index (χ3v) is 3.46. The van der Waals surface area contributed by atoms with Crippen LogP contribution in [0.15, 0.2) is 36.4 Å². The molecule has 0 saturated heterocycles. The minimum atomic E-state index is -0.477. The van der Waals surface area contributed by atoms with Crippen molar-refractivity contribution in [2.24, 2.45) is 0 Å². The van der Waals surface area contributed by atoms with Gasteiger partial charge in [0, 0.05) is 21.7 Å². The number of rotatable bonds is 4. The smallest absolute Gasteiger partial charge is 0.163 e. The van der Waals surface area contributed by atoms with Crippen LogP contribution >= 0.6 is 23.2 Å². The zero-order chi connectivity index (χ0) is 14.7. The van der Waals surface area contributed by atoms with Crippen LogP contribution in [0.1, 0.15) is 22.8 Å². The molecule has 0 saturated carbocycles. The fourth-order valence-electron chi connectivity index (χ4n) is 1.73. The van der Waals surface area contributed by atoms with E-state index in [9.17, 15) is 9.18 Å². The fraction of sp³-hybridized carbons (Fsp3) is 0.133. The molecule has 0 radical (unpaired) electrons. The maximum Gasteiger partial charge on any atom is 0.163 e. The van der Waals surface area contributed by atoms with Gasteiger partial charge in [-0.1, -0.05) is 29.3 Å². The third kappa shape index (κ3) is 3.30. The molecule has 2 aromatic rings. The molecule has 0 heterocycles. The molecular formula is C15H11Cl2FO2. The first-order valence-electron chi connectivity index (χ1n) is 5.85. The van der Waals surface area contributed by atoms with Crippen LogP contribution in [0, 0.1) is 5.82 Å². The van der Waals surface area contributed by atoms with E-state index in [2.05, 4.69) is 0 Å². The topological polar surface area (TPSA) is 26.3 Å². The summed E-state index contributed by atoms with van der Waals surface area (Å²) in [5, 5.41) is 0.913. The highest BCUT2D eigenvalue weighted by Gasteiger charge is 2.12. The van der Waals surface area contributed by atoms with Crippen molar-refractivity contribution in [1.82, 2.24) is 0 Å². The van der Waals surface area contributed by atoms with Crippen LogP contribution in [-0.4, -0.2) is 5.78 Å². The van der Waals surface area contributed by atoms with Crippen molar-refractivity contribution in [3.8, 4) is 5.75 Å². The van der Waals surface area contributed by atoms with Gasteiger partial charge in [-0.25, -0.2) is 4.39 Å². The summed E-state index contributed by atoms with van der Waals surface area (Å²) in [6.07, 6.45) is 0. The Morgan fingerprint density at radius 1 is 1.20 bits per heavy atom. The van der Waals surface area contributed by atoms with Crippen LogP contribution in [-0.2, 0) is 6.61 Å². The molecule has 0 aliphatic carbocycles. The van der Waals surface area contributed by atoms with E-state index in [1.807, 2.05) is 0 Å². The van der Waals surface area contributed by atoms with Crippen molar-refractivity contribution >= 4 is 29.0 Å². The normalized spacial score (nSPS) is 10.4. The number of hydrogen-bond acceptors (Lipinski definition) is 2. The average molecular weight is 313 g/mol. The molecule has 2 rings (SSSR count). The Kier molecular flexibility index (Phi) is 4.63. The van der Waals surface area contributed by atoms with E-state index in [1.165, 1.54) is 25.1 Å². The van der Waals surface area contributed by atoms with Gasteiger partial charge in [0.25, 0.3) is 0 Å². The van der Waals surface area contributed by atoms with Crippen molar-refractivity contribution in [1.29, 1.82) is 0 Å². The van der Waals surface area contributed by atoms with E-state index >= 15 is 0 Å². The molecule has 20 heavy (non-hydrogen) atoms. The van der Waals surface area contributed by atoms with E-state index in [1.54, 1.807) is 18.2 Å². The van der Waals surface area contributed by atoms with Crippen LogP contribution in [0.25, 0.3) is 0 Å². The first-order chi connectivity index (χ1) is 9.49. The summed E-state index contributed by atoms with van der Waals surface area (Å²) in [4.78, 5) is 11.5. The quantitative estimate of drug-likeness (QED) is 0.749. The van der Waals surface area contributed by atoms with Gasteiger partial charge >= 0.3 is 0 Å². The van der Waals surface area contributed by atoms with E-state index < -0.39 is 5.82 Å². The number of carbonyl (C=O) groups excluding carboxylic acids is 1. The molecular weight excluding hydrogens is 302 g/mol. The maximum absolute atomic E-state index is 13.3. The molecule has 0 atom stereocenters. The van der Waals surface area contributed by atoms with Crippen LogP contribution in [0.4, 0.5) is 4.39 Å². The lowest BCUT2D eigenvalue weighted by molar-refractivity contribution is 0.101. The summed E-state index contributed by atoms with van der Waals surface area (Å²) in [6, 6.07) is 8.86. The van der Waals surface area contributed by atoms with Gasteiger partial charge < -0.3 is 4.74 Å². The minimum absolute atomic E-state index is 0.0578. The molecule has 2 nitrogen and oxygen atoms in total. The first-order valence-corrected chi connectivity index (χ1v) is 6.61. The zero-order valence-electron chi connectivity index (χ0n) is 10.6. The maximum atomic E-state index is 13.3. The molecule has 0 bridgehead atoms. The summed E-state index contributed by atoms with van der Waals surface area (Å²) in [7, 11) is 0. The largest absolute Gasteiger partial charge is 0.488 e. The van der Waals surface area contributed by atoms with E-state index in [0.29, 0.717) is 21.2 Å². The zero-order valence-corrected chi connectivity index (χ0v) is 12.1. The van der Waals surface area contributed by atoms with Crippen molar-refractivity contribution in [3.63, 3.8) is 0 Å². The number of ether oxygens (including phenoxy) is 1. The summed E-state index contributed by atoms with van der Waals surface area (Å²) < 4.78 is 18.7. The van der Waals surface area contributed by atoms with Gasteiger partial charge in [-0.3, -0.25) is 4.79 Å². The van der Waals surface area contributed by atoms with Crippen LogP contribution in [0.3, 0.4) is 0 Å². The van der Waals surface area contributed by atoms with Gasteiger partial charge in [-0.2, -0.15) is 0 Å². The van der Waals surface area contributed by atoms with Crippen LogP contribution < -0.4 is 4.74 Å². The summed E-state index contributed by atoms with van der Waals surface area (Å²) >= 11 is 12.0. The molecule has 0 amide bonds. The molecule has 0 fully saturated rings. The summed E-state index contributed by atoms with van der Waals surface area (Å²) in [5.74, 6) is -0.506. The van der Waals surface area contributed by atoms with Gasteiger partial charge in [-0.05, 0) is 31.2 Å². The Labute approximate surface area is 126 Å². The molecule has 0 aliphatic rings. The standard InChI is InChI=1S/C15H11Cl2FO2/c1-9(19)11-6-5-10(18)7-15(11)20-8-12-13(16)3-2-4-14(12)17/h2-7H,8H2,1H3. The Balaban J connectivity index is 2.27.